The van der Waals surface area contributed by atoms with Crippen LogP contribution in [0.2, 0.25) is 0 Å². The van der Waals surface area contributed by atoms with E-state index in [1.807, 2.05) is 24.5 Å². The summed E-state index contributed by atoms with van der Waals surface area (Å²) in [5.41, 5.74) is 4.35. The second kappa shape index (κ2) is 5.74. The van der Waals surface area contributed by atoms with Crippen LogP contribution in [0.25, 0.3) is 65.3 Å². The van der Waals surface area contributed by atoms with Gasteiger partial charge in [0.1, 0.15) is 0 Å². The fourth-order valence-corrected chi connectivity index (χ4v) is 4.97. The first-order chi connectivity index (χ1) is 14.9. The molecule has 0 bridgehead atoms. The lowest BCUT2D eigenvalue weighted by molar-refractivity contribution is 1.37. The number of fused-ring (bicyclic) bond motifs is 3. The number of aromatic nitrogens is 2. The Morgan fingerprint density at radius 1 is 0.433 bits per heavy atom. The van der Waals surface area contributed by atoms with E-state index in [0.717, 1.165) is 21.8 Å². The number of nitrogens with zero attached hydrogens (tertiary/aromatic N) is 2. The van der Waals surface area contributed by atoms with Gasteiger partial charge in [0.2, 0.25) is 0 Å². The summed E-state index contributed by atoms with van der Waals surface area (Å²) in [6.45, 7) is 0. The zero-order valence-corrected chi connectivity index (χ0v) is 16.1. The van der Waals surface area contributed by atoms with Gasteiger partial charge in [0, 0.05) is 23.2 Å². The van der Waals surface area contributed by atoms with E-state index in [-0.39, 0.29) is 0 Å². The monoisotopic (exact) mass is 380 g/mol. The number of rotatable bonds is 1. The van der Waals surface area contributed by atoms with Crippen LogP contribution in [0.15, 0.2) is 97.3 Å². The van der Waals surface area contributed by atoms with E-state index < -0.39 is 0 Å². The lowest BCUT2D eigenvalue weighted by atomic mass is 9.88. The Labute approximate surface area is 172 Å². The van der Waals surface area contributed by atoms with Gasteiger partial charge < -0.3 is 0 Å². The van der Waals surface area contributed by atoms with Gasteiger partial charge in [0.05, 0.1) is 11.0 Å². The van der Waals surface area contributed by atoms with Gasteiger partial charge in [0.25, 0.3) is 0 Å². The summed E-state index contributed by atoms with van der Waals surface area (Å²) in [6, 6.07) is 30.6. The first-order valence-electron chi connectivity index (χ1n) is 10.2. The van der Waals surface area contributed by atoms with Gasteiger partial charge in [-0.2, -0.15) is 0 Å². The number of hydrogen-bond donors (Lipinski definition) is 0. The zero-order valence-electron chi connectivity index (χ0n) is 16.1. The van der Waals surface area contributed by atoms with Crippen LogP contribution < -0.4 is 0 Å². The second-order valence-corrected chi connectivity index (χ2v) is 7.87. The summed E-state index contributed by atoms with van der Waals surface area (Å²) in [5.74, 6) is 0. The summed E-state index contributed by atoms with van der Waals surface area (Å²) >= 11 is 0. The van der Waals surface area contributed by atoms with E-state index in [2.05, 4.69) is 77.8 Å². The molecule has 0 unspecified atom stereocenters. The third-order valence-corrected chi connectivity index (χ3v) is 6.28. The average Bonchev–Trinajstić information content (AvgIpc) is 2.82. The summed E-state index contributed by atoms with van der Waals surface area (Å²) in [6.07, 6.45) is 3.69. The molecule has 30 heavy (non-hydrogen) atoms. The second-order valence-electron chi connectivity index (χ2n) is 7.87. The molecular formula is C28H16N2. The predicted octanol–water partition coefficient (Wildman–Crippen LogP) is 7.35. The zero-order chi connectivity index (χ0) is 19.7. The summed E-state index contributed by atoms with van der Waals surface area (Å²) in [4.78, 5) is 9.31. The minimum absolute atomic E-state index is 0.953. The van der Waals surface area contributed by atoms with Crippen LogP contribution in [0.4, 0.5) is 0 Å². The Morgan fingerprint density at radius 2 is 1.10 bits per heavy atom. The molecule has 0 radical (unpaired) electrons. The van der Waals surface area contributed by atoms with Crippen LogP contribution in [0.5, 0.6) is 0 Å². The Kier molecular flexibility index (Phi) is 3.03. The van der Waals surface area contributed by atoms with Gasteiger partial charge in [-0.15, -0.1) is 0 Å². The molecule has 0 aliphatic heterocycles. The largest absolute Gasteiger partial charge is 0.254 e. The minimum Gasteiger partial charge on any atom is -0.254 e. The molecule has 0 atom stereocenters. The molecule has 2 aromatic heterocycles. The molecule has 0 aliphatic carbocycles. The highest BCUT2D eigenvalue weighted by molar-refractivity contribution is 6.26. The van der Waals surface area contributed by atoms with Gasteiger partial charge >= 0.3 is 0 Å². The van der Waals surface area contributed by atoms with Crippen molar-refractivity contribution in [2.45, 2.75) is 0 Å². The lowest BCUT2D eigenvalue weighted by Crippen LogP contribution is -1.91. The van der Waals surface area contributed by atoms with Gasteiger partial charge in [-0.3, -0.25) is 9.97 Å². The van der Waals surface area contributed by atoms with Crippen molar-refractivity contribution in [3.8, 4) is 11.1 Å². The van der Waals surface area contributed by atoms with Crippen LogP contribution in [0.3, 0.4) is 0 Å². The third-order valence-electron chi connectivity index (χ3n) is 6.28. The van der Waals surface area contributed by atoms with Crippen molar-refractivity contribution >= 4 is 54.1 Å². The smallest absolute Gasteiger partial charge is 0.0970 e. The molecule has 138 valence electrons. The molecule has 5 aromatic carbocycles. The first-order valence-corrected chi connectivity index (χ1v) is 10.2. The SMILES string of the molecule is c1cnc2c(c1)cc(-c1ccc3ccc4cccc5ccc1c3c45)c1cccnc12. The maximum Gasteiger partial charge on any atom is 0.0970 e. The highest BCUT2D eigenvalue weighted by Gasteiger charge is 2.15. The number of hydrogen-bond acceptors (Lipinski definition) is 2. The first kappa shape index (κ1) is 15.8. The van der Waals surface area contributed by atoms with Gasteiger partial charge in [-0.25, -0.2) is 0 Å². The molecule has 7 aromatic rings. The molecule has 2 heteroatoms. The molecule has 0 amide bonds. The Hall–Kier alpha value is -4.04. The van der Waals surface area contributed by atoms with E-state index in [0.29, 0.717) is 0 Å². The number of benzene rings is 5. The Balaban J connectivity index is 1.69. The fraction of sp³-hybridized carbons (Fsp3) is 0. The van der Waals surface area contributed by atoms with Crippen molar-refractivity contribution in [1.82, 2.24) is 9.97 Å². The van der Waals surface area contributed by atoms with Crippen molar-refractivity contribution in [3.63, 3.8) is 0 Å². The van der Waals surface area contributed by atoms with Crippen LogP contribution >= 0.6 is 0 Å². The van der Waals surface area contributed by atoms with E-state index in [1.54, 1.807) is 0 Å². The van der Waals surface area contributed by atoms with Crippen molar-refractivity contribution in [2.75, 3.05) is 0 Å². The maximum absolute atomic E-state index is 4.69. The molecule has 2 heterocycles. The summed E-state index contributed by atoms with van der Waals surface area (Å²) < 4.78 is 0. The molecule has 0 N–H and O–H groups in total. The van der Waals surface area contributed by atoms with Crippen LogP contribution in [-0.2, 0) is 0 Å². The lowest BCUT2D eigenvalue weighted by Gasteiger charge is -2.16. The molecular weight excluding hydrogens is 364 g/mol. The van der Waals surface area contributed by atoms with Crippen LogP contribution in [-0.4, -0.2) is 9.97 Å². The van der Waals surface area contributed by atoms with Gasteiger partial charge in [-0.05, 0) is 61.6 Å². The van der Waals surface area contributed by atoms with Crippen molar-refractivity contribution in [3.05, 3.63) is 97.3 Å². The summed E-state index contributed by atoms with van der Waals surface area (Å²) in [5, 5.41) is 10.1. The Morgan fingerprint density at radius 3 is 1.97 bits per heavy atom. The normalized spacial score (nSPS) is 12.0. The molecule has 0 spiro atoms. The third kappa shape index (κ3) is 2.03. The van der Waals surface area contributed by atoms with Crippen molar-refractivity contribution < 1.29 is 0 Å². The fourth-order valence-electron chi connectivity index (χ4n) is 4.97. The highest BCUT2D eigenvalue weighted by Crippen LogP contribution is 2.41. The molecule has 0 fully saturated rings. The van der Waals surface area contributed by atoms with Crippen LogP contribution in [0.1, 0.15) is 0 Å². The van der Waals surface area contributed by atoms with Crippen molar-refractivity contribution in [1.29, 1.82) is 0 Å². The van der Waals surface area contributed by atoms with E-state index >= 15 is 0 Å². The predicted molar refractivity (Wildman–Crippen MR) is 126 cm³/mol. The summed E-state index contributed by atoms with van der Waals surface area (Å²) in [7, 11) is 0. The topological polar surface area (TPSA) is 25.8 Å². The minimum atomic E-state index is 0.953. The van der Waals surface area contributed by atoms with E-state index in [1.165, 1.54) is 43.4 Å². The quantitative estimate of drug-likeness (QED) is 0.278. The molecule has 0 saturated heterocycles. The highest BCUT2D eigenvalue weighted by atomic mass is 14.7. The van der Waals surface area contributed by atoms with E-state index in [9.17, 15) is 0 Å². The molecule has 2 nitrogen and oxygen atoms in total. The number of pyridine rings is 2. The van der Waals surface area contributed by atoms with Crippen LogP contribution in [0, 0.1) is 0 Å². The Bertz CT molecular complexity index is 1730. The van der Waals surface area contributed by atoms with Gasteiger partial charge in [0.15, 0.2) is 0 Å². The molecule has 0 aliphatic rings. The molecule has 7 rings (SSSR count). The maximum atomic E-state index is 4.69. The van der Waals surface area contributed by atoms with E-state index in [4.69, 9.17) is 4.98 Å². The van der Waals surface area contributed by atoms with Crippen molar-refractivity contribution in [2.24, 2.45) is 0 Å². The standard InChI is InChI=1S/C28H16N2/c1-4-17-8-9-19-10-12-21(22-13-11-18(5-1)25(17)26(19)22)24-16-20-6-2-14-29-27(20)28-23(24)7-3-15-30-28/h1-16H. The van der Waals surface area contributed by atoms with Gasteiger partial charge in [-0.1, -0.05) is 66.7 Å². The average molecular weight is 380 g/mol. The molecule has 0 saturated carbocycles.